The number of aromatic nitrogens is 1. The van der Waals surface area contributed by atoms with E-state index in [4.69, 9.17) is 0 Å². The summed E-state index contributed by atoms with van der Waals surface area (Å²) in [5.74, 6) is 0.101. The molecule has 0 fully saturated rings. The van der Waals surface area contributed by atoms with Crippen molar-refractivity contribution in [1.29, 1.82) is 0 Å². The Morgan fingerprint density at radius 3 is 2.12 bits per heavy atom. The molecule has 0 atom stereocenters. The summed E-state index contributed by atoms with van der Waals surface area (Å²) >= 11 is 0. The van der Waals surface area contributed by atoms with Crippen LogP contribution in [0.2, 0.25) is 0 Å². The van der Waals surface area contributed by atoms with E-state index < -0.39 is 11.7 Å². The van der Waals surface area contributed by atoms with Crippen LogP contribution in [0.15, 0.2) is 55.1 Å². The summed E-state index contributed by atoms with van der Waals surface area (Å²) in [5, 5.41) is 3.17. The molecule has 0 bridgehead atoms. The maximum atomic E-state index is 13.8. The summed E-state index contributed by atoms with van der Waals surface area (Å²) in [6.07, 6.45) is 2.92. The quantitative estimate of drug-likeness (QED) is 0.315. The molecule has 0 unspecified atom stereocenters. The number of hydrogen-bond donors (Lipinski definition) is 1. The van der Waals surface area contributed by atoms with Crippen molar-refractivity contribution in [2.45, 2.75) is 99.6 Å². The first kappa shape index (κ1) is 34.9. The third kappa shape index (κ3) is 10.1. The Morgan fingerprint density at radius 1 is 0.925 bits per heavy atom. The first-order valence-corrected chi connectivity index (χ1v) is 14.5. The molecule has 1 aromatic heterocycles. The number of alkyl halides is 3. The number of pyridine rings is 1. The van der Waals surface area contributed by atoms with Crippen LogP contribution in [-0.4, -0.2) is 4.98 Å². The molecule has 0 amide bonds. The third-order valence-corrected chi connectivity index (χ3v) is 6.14. The molecule has 1 aliphatic carbocycles. The lowest BCUT2D eigenvalue weighted by molar-refractivity contribution is -0.137. The minimum absolute atomic E-state index is 0.0407. The molecule has 220 valence electrons. The minimum atomic E-state index is -4.48. The average molecular weight is 559 g/mol. The molecule has 0 radical (unpaired) electrons. The van der Waals surface area contributed by atoms with Gasteiger partial charge in [0.05, 0.1) is 11.3 Å². The summed E-state index contributed by atoms with van der Waals surface area (Å²) in [6.45, 7) is 18.5. The number of rotatable bonds is 5. The summed E-state index contributed by atoms with van der Waals surface area (Å²) < 4.78 is 54.6. The molecule has 0 spiro atoms. The fourth-order valence-corrected chi connectivity index (χ4v) is 4.07. The molecule has 0 aliphatic heterocycles. The van der Waals surface area contributed by atoms with Crippen LogP contribution in [-0.2, 0) is 19.0 Å². The van der Waals surface area contributed by atoms with E-state index in [0.717, 1.165) is 48.4 Å². The molecule has 0 saturated carbocycles. The van der Waals surface area contributed by atoms with Gasteiger partial charge in [-0.1, -0.05) is 91.6 Å². The van der Waals surface area contributed by atoms with Crippen LogP contribution in [0.25, 0.3) is 17.0 Å². The number of fused-ring (bicyclic) bond motifs is 1. The van der Waals surface area contributed by atoms with E-state index in [1.807, 2.05) is 20.8 Å². The van der Waals surface area contributed by atoms with Crippen LogP contribution >= 0.6 is 0 Å². The molecule has 1 aliphatic rings. The lowest BCUT2D eigenvalue weighted by Gasteiger charge is -2.23. The van der Waals surface area contributed by atoms with Crippen LogP contribution < -0.4 is 5.32 Å². The van der Waals surface area contributed by atoms with Crippen LogP contribution in [0.5, 0.6) is 0 Å². The van der Waals surface area contributed by atoms with Crippen molar-refractivity contribution in [2.24, 2.45) is 0 Å². The number of unbranched alkanes of at least 4 members (excludes halogenated alkanes) is 1. The number of aryl methyl sites for hydroxylation is 2. The van der Waals surface area contributed by atoms with Gasteiger partial charge in [-0.3, -0.25) is 0 Å². The topological polar surface area (TPSA) is 24.9 Å². The molecule has 1 heterocycles. The SMILES string of the molecule is C=C(Nc1nc(-c2ccccc2C(F)(F)F)cc2c1CCCC2)c1cc(F)ccc1C.CC.CCC.CCCC. The number of halogens is 4. The van der Waals surface area contributed by atoms with Crippen molar-refractivity contribution in [3.63, 3.8) is 0 Å². The summed E-state index contributed by atoms with van der Waals surface area (Å²) in [7, 11) is 0. The van der Waals surface area contributed by atoms with E-state index >= 15 is 0 Å². The Kier molecular flexibility index (Phi) is 15.3. The van der Waals surface area contributed by atoms with Crippen LogP contribution in [0.1, 0.15) is 101 Å². The van der Waals surface area contributed by atoms with E-state index in [2.05, 4.69) is 44.6 Å². The van der Waals surface area contributed by atoms with Crippen LogP contribution in [0.3, 0.4) is 0 Å². The Balaban J connectivity index is 0.000000788. The van der Waals surface area contributed by atoms with Crippen LogP contribution in [0, 0.1) is 12.7 Å². The van der Waals surface area contributed by atoms with Gasteiger partial charge >= 0.3 is 6.18 Å². The lowest BCUT2D eigenvalue weighted by atomic mass is 9.90. The second-order valence-electron chi connectivity index (χ2n) is 9.51. The predicted octanol–water partition coefficient (Wildman–Crippen LogP) is 11.4. The largest absolute Gasteiger partial charge is 0.417 e. The molecule has 40 heavy (non-hydrogen) atoms. The maximum Gasteiger partial charge on any atom is 0.417 e. The molecule has 6 heteroatoms. The molecule has 3 aromatic rings. The second kappa shape index (κ2) is 17.5. The molecule has 2 nitrogen and oxygen atoms in total. The lowest BCUT2D eigenvalue weighted by Crippen LogP contribution is -2.12. The zero-order chi connectivity index (χ0) is 30.3. The number of anilines is 1. The molecule has 2 aromatic carbocycles. The van der Waals surface area contributed by atoms with Gasteiger partial charge in [0.15, 0.2) is 0 Å². The summed E-state index contributed by atoms with van der Waals surface area (Å²) in [5.41, 5.74) is 3.45. The number of nitrogens with zero attached hydrogens (tertiary/aromatic N) is 1. The van der Waals surface area contributed by atoms with E-state index in [9.17, 15) is 17.6 Å². The first-order valence-electron chi connectivity index (χ1n) is 14.5. The van der Waals surface area contributed by atoms with Gasteiger partial charge in [-0.25, -0.2) is 9.37 Å². The zero-order valence-corrected chi connectivity index (χ0v) is 25.2. The summed E-state index contributed by atoms with van der Waals surface area (Å²) in [4.78, 5) is 4.58. The number of hydrogen-bond acceptors (Lipinski definition) is 2. The summed E-state index contributed by atoms with van der Waals surface area (Å²) in [6, 6.07) is 11.7. The van der Waals surface area contributed by atoms with Crippen molar-refractivity contribution in [3.8, 4) is 11.3 Å². The molecule has 1 N–H and O–H groups in total. The van der Waals surface area contributed by atoms with Gasteiger partial charge in [0.1, 0.15) is 11.6 Å². The van der Waals surface area contributed by atoms with Crippen molar-refractivity contribution in [2.75, 3.05) is 5.32 Å². The normalized spacial score (nSPS) is 11.9. The second-order valence-corrected chi connectivity index (χ2v) is 9.51. The Hall–Kier alpha value is -3.15. The van der Waals surface area contributed by atoms with E-state index in [-0.39, 0.29) is 17.1 Å². The molecule has 0 saturated heterocycles. The van der Waals surface area contributed by atoms with Crippen LogP contribution in [0.4, 0.5) is 23.4 Å². The van der Waals surface area contributed by atoms with E-state index in [1.54, 1.807) is 18.2 Å². The van der Waals surface area contributed by atoms with E-state index in [0.29, 0.717) is 17.1 Å². The third-order valence-electron chi connectivity index (χ3n) is 6.14. The van der Waals surface area contributed by atoms with Gasteiger partial charge in [-0.2, -0.15) is 13.2 Å². The van der Waals surface area contributed by atoms with Gasteiger partial charge in [0.25, 0.3) is 0 Å². The molecular weight excluding hydrogens is 512 g/mol. The minimum Gasteiger partial charge on any atom is -0.340 e. The highest BCUT2D eigenvalue weighted by molar-refractivity contribution is 5.79. The molecule has 4 rings (SSSR count). The maximum absolute atomic E-state index is 13.8. The average Bonchev–Trinajstić information content (AvgIpc) is 2.95. The zero-order valence-electron chi connectivity index (χ0n) is 25.2. The Labute approximate surface area is 239 Å². The number of nitrogens with one attached hydrogen (secondary N) is 1. The highest BCUT2D eigenvalue weighted by Gasteiger charge is 2.34. The van der Waals surface area contributed by atoms with Crippen molar-refractivity contribution >= 4 is 11.5 Å². The Bertz CT molecular complexity index is 1200. The highest BCUT2D eigenvalue weighted by atomic mass is 19.4. The Morgan fingerprint density at radius 2 is 1.52 bits per heavy atom. The van der Waals surface area contributed by atoms with Crippen molar-refractivity contribution in [1.82, 2.24) is 4.98 Å². The monoisotopic (exact) mass is 558 g/mol. The van der Waals surface area contributed by atoms with Gasteiger partial charge in [0.2, 0.25) is 0 Å². The molecular formula is C34H46F4N2. The standard InChI is InChI=1S/C25H22F4N2.C4H10.C3H8.C2H6/c1-15-11-12-18(26)14-21(15)16(2)30-24-19-8-4-3-7-17(19)13-23(31-24)20-9-5-6-10-22(20)25(27,28)29;1-3-4-2;1-3-2;1-2/h5-6,9-14H,2-4,7-8H2,1H3,(H,30,31);3-4H2,1-2H3;3H2,1-2H3;1-2H3. The highest BCUT2D eigenvalue weighted by Crippen LogP contribution is 2.39. The van der Waals surface area contributed by atoms with Gasteiger partial charge in [-0.05, 0) is 73.6 Å². The first-order chi connectivity index (χ1) is 19.1. The predicted molar refractivity (Wildman–Crippen MR) is 163 cm³/mol. The van der Waals surface area contributed by atoms with Gasteiger partial charge in [-0.15, -0.1) is 0 Å². The smallest absolute Gasteiger partial charge is 0.340 e. The van der Waals surface area contributed by atoms with Gasteiger partial charge in [0, 0.05) is 16.8 Å². The van der Waals surface area contributed by atoms with Gasteiger partial charge < -0.3 is 5.32 Å². The fraction of sp³-hybridized carbons (Fsp3) is 0.441. The fourth-order valence-electron chi connectivity index (χ4n) is 4.07. The van der Waals surface area contributed by atoms with Crippen molar-refractivity contribution < 1.29 is 17.6 Å². The number of benzene rings is 2. The van der Waals surface area contributed by atoms with Crippen molar-refractivity contribution in [3.05, 3.63) is 88.7 Å². The van der Waals surface area contributed by atoms with E-state index in [1.165, 1.54) is 43.5 Å².